The Labute approximate surface area is 171 Å². The van der Waals surface area contributed by atoms with Crippen LogP contribution in [0, 0.1) is 0 Å². The molecule has 0 aliphatic carbocycles. The highest BCUT2D eigenvalue weighted by Gasteiger charge is 2.07. The van der Waals surface area contributed by atoms with E-state index < -0.39 is 0 Å². The fourth-order valence-corrected chi connectivity index (χ4v) is 2.62. The van der Waals surface area contributed by atoms with Crippen molar-refractivity contribution in [2.75, 3.05) is 25.1 Å². The maximum Gasteiger partial charge on any atom is 0.255 e. The van der Waals surface area contributed by atoms with Crippen LogP contribution in [0.3, 0.4) is 0 Å². The molecule has 0 saturated carbocycles. The van der Waals surface area contributed by atoms with Gasteiger partial charge in [-0.3, -0.25) is 4.79 Å². The molecule has 0 aromatic heterocycles. The molecule has 0 saturated heterocycles. The summed E-state index contributed by atoms with van der Waals surface area (Å²) in [6.45, 7) is 3.56. The molecule has 0 atom stereocenters. The van der Waals surface area contributed by atoms with Gasteiger partial charge in [-0.1, -0.05) is 31.2 Å². The average molecular weight is 391 g/mol. The molecule has 0 bridgehead atoms. The molecule has 150 valence electrons. The number of nitrogens with one attached hydrogen (secondary N) is 1. The van der Waals surface area contributed by atoms with Crippen molar-refractivity contribution in [3.63, 3.8) is 0 Å². The second-order valence-electron chi connectivity index (χ2n) is 6.36. The van der Waals surface area contributed by atoms with E-state index in [2.05, 4.69) is 5.32 Å². The van der Waals surface area contributed by atoms with Gasteiger partial charge in [-0.05, 0) is 61.0 Å². The first-order valence-electron chi connectivity index (χ1n) is 9.69. The number of ether oxygens (including phenoxy) is 3. The number of hydrogen-bond donors (Lipinski definition) is 1. The fourth-order valence-electron chi connectivity index (χ4n) is 2.62. The molecule has 1 N–H and O–H groups in total. The number of para-hydroxylation sites is 1. The summed E-state index contributed by atoms with van der Waals surface area (Å²) < 4.78 is 16.8. The van der Waals surface area contributed by atoms with Crippen molar-refractivity contribution < 1.29 is 19.0 Å². The summed E-state index contributed by atoms with van der Waals surface area (Å²) in [6.07, 6.45) is 0.920. The number of amides is 1. The second kappa shape index (κ2) is 10.8. The summed E-state index contributed by atoms with van der Waals surface area (Å²) in [7, 11) is 0. The Morgan fingerprint density at radius 3 is 2.03 bits per heavy atom. The maximum atomic E-state index is 12.5. The lowest BCUT2D eigenvalue weighted by atomic mass is 10.2. The Kier molecular flexibility index (Phi) is 7.52. The Morgan fingerprint density at radius 2 is 1.34 bits per heavy atom. The summed E-state index contributed by atoms with van der Waals surface area (Å²) in [5.74, 6) is 2.05. The molecule has 5 heteroatoms. The zero-order chi connectivity index (χ0) is 20.3. The molecule has 29 heavy (non-hydrogen) atoms. The van der Waals surface area contributed by atoms with Gasteiger partial charge in [0.2, 0.25) is 0 Å². The molecular weight excluding hydrogens is 366 g/mol. The summed E-state index contributed by atoms with van der Waals surface area (Å²) in [6, 6.07) is 24.0. The van der Waals surface area contributed by atoms with Crippen molar-refractivity contribution in [1.29, 1.82) is 0 Å². The molecule has 0 heterocycles. The van der Waals surface area contributed by atoms with Crippen LogP contribution in [-0.2, 0) is 0 Å². The highest BCUT2D eigenvalue weighted by atomic mass is 16.5. The van der Waals surface area contributed by atoms with E-state index in [1.807, 2.05) is 73.7 Å². The normalized spacial score (nSPS) is 10.2. The zero-order valence-corrected chi connectivity index (χ0v) is 16.5. The molecule has 3 aromatic rings. The molecule has 3 aromatic carbocycles. The van der Waals surface area contributed by atoms with Crippen LogP contribution < -0.4 is 19.5 Å². The molecule has 0 fully saturated rings. The average Bonchev–Trinajstić information content (AvgIpc) is 2.77. The lowest BCUT2D eigenvalue weighted by Crippen LogP contribution is -2.12. The van der Waals surface area contributed by atoms with Gasteiger partial charge in [0.05, 0.1) is 6.61 Å². The quantitative estimate of drug-likeness (QED) is 0.484. The first-order chi connectivity index (χ1) is 14.2. The fraction of sp³-hybridized carbons (Fsp3) is 0.208. The predicted octanol–water partition coefficient (Wildman–Crippen LogP) is 5.19. The van der Waals surface area contributed by atoms with Crippen LogP contribution in [0.1, 0.15) is 23.7 Å². The molecular formula is C24H25NO4. The third-order valence-corrected chi connectivity index (χ3v) is 4.05. The number of carbonyl (C=O) groups excluding carboxylic acids is 1. The van der Waals surface area contributed by atoms with Crippen LogP contribution in [0.25, 0.3) is 0 Å². The monoisotopic (exact) mass is 391 g/mol. The van der Waals surface area contributed by atoms with Crippen molar-refractivity contribution in [1.82, 2.24) is 0 Å². The van der Waals surface area contributed by atoms with E-state index >= 15 is 0 Å². The van der Waals surface area contributed by atoms with Crippen molar-refractivity contribution >= 4 is 11.6 Å². The van der Waals surface area contributed by atoms with Crippen molar-refractivity contribution in [2.45, 2.75) is 13.3 Å². The number of anilines is 1. The van der Waals surface area contributed by atoms with E-state index in [4.69, 9.17) is 14.2 Å². The number of benzene rings is 3. The van der Waals surface area contributed by atoms with Crippen molar-refractivity contribution in [2.24, 2.45) is 0 Å². The number of rotatable bonds is 10. The van der Waals surface area contributed by atoms with Gasteiger partial charge in [0, 0.05) is 11.3 Å². The van der Waals surface area contributed by atoms with E-state index in [9.17, 15) is 4.79 Å². The van der Waals surface area contributed by atoms with E-state index in [1.165, 1.54) is 0 Å². The predicted molar refractivity (Wildman–Crippen MR) is 114 cm³/mol. The SMILES string of the molecule is CCCOc1cccc(C(=O)Nc2ccc(OCCOc3ccccc3)cc2)c1. The first kappa shape index (κ1) is 20.3. The minimum atomic E-state index is -0.183. The van der Waals surface area contributed by atoms with Gasteiger partial charge in [0.25, 0.3) is 5.91 Å². The standard InChI is InChI=1S/C24H25NO4/c1-2-15-27-23-10-6-7-19(18-23)24(26)25-20-11-13-22(14-12-20)29-17-16-28-21-8-4-3-5-9-21/h3-14,18H,2,15-17H2,1H3,(H,25,26). The van der Waals surface area contributed by atoms with Gasteiger partial charge in [0.1, 0.15) is 30.5 Å². The minimum absolute atomic E-state index is 0.183. The van der Waals surface area contributed by atoms with Crippen LogP contribution in [-0.4, -0.2) is 25.7 Å². The third kappa shape index (κ3) is 6.57. The van der Waals surface area contributed by atoms with Gasteiger partial charge in [-0.2, -0.15) is 0 Å². The Balaban J connectivity index is 1.46. The lowest BCUT2D eigenvalue weighted by Gasteiger charge is -2.10. The highest BCUT2D eigenvalue weighted by Crippen LogP contribution is 2.18. The lowest BCUT2D eigenvalue weighted by molar-refractivity contribution is 0.102. The Hall–Kier alpha value is -3.47. The van der Waals surface area contributed by atoms with Crippen LogP contribution in [0.15, 0.2) is 78.9 Å². The summed E-state index contributed by atoms with van der Waals surface area (Å²) >= 11 is 0. The molecule has 0 unspecified atom stereocenters. The van der Waals surface area contributed by atoms with E-state index in [0.717, 1.165) is 17.9 Å². The molecule has 0 spiro atoms. The minimum Gasteiger partial charge on any atom is -0.494 e. The van der Waals surface area contributed by atoms with Crippen LogP contribution in [0.4, 0.5) is 5.69 Å². The third-order valence-electron chi connectivity index (χ3n) is 4.05. The zero-order valence-electron chi connectivity index (χ0n) is 16.5. The Bertz CT molecular complexity index is 894. The molecule has 0 aliphatic rings. The number of hydrogen-bond acceptors (Lipinski definition) is 4. The molecule has 3 rings (SSSR count). The topological polar surface area (TPSA) is 56.8 Å². The number of carbonyl (C=O) groups is 1. The summed E-state index contributed by atoms with van der Waals surface area (Å²) in [4.78, 5) is 12.5. The smallest absolute Gasteiger partial charge is 0.255 e. The van der Waals surface area contributed by atoms with E-state index in [1.54, 1.807) is 12.1 Å². The Morgan fingerprint density at radius 1 is 0.724 bits per heavy atom. The second-order valence-corrected chi connectivity index (χ2v) is 6.36. The maximum absolute atomic E-state index is 12.5. The summed E-state index contributed by atoms with van der Waals surface area (Å²) in [5, 5.41) is 2.88. The summed E-state index contributed by atoms with van der Waals surface area (Å²) in [5.41, 5.74) is 1.25. The van der Waals surface area contributed by atoms with Crippen molar-refractivity contribution in [3.8, 4) is 17.2 Å². The van der Waals surface area contributed by atoms with Gasteiger partial charge in [-0.25, -0.2) is 0 Å². The van der Waals surface area contributed by atoms with E-state index in [-0.39, 0.29) is 5.91 Å². The highest BCUT2D eigenvalue weighted by molar-refractivity contribution is 6.04. The van der Waals surface area contributed by atoms with Gasteiger partial charge in [-0.15, -0.1) is 0 Å². The first-order valence-corrected chi connectivity index (χ1v) is 9.69. The molecule has 5 nitrogen and oxygen atoms in total. The molecule has 0 aliphatic heterocycles. The molecule has 1 amide bonds. The van der Waals surface area contributed by atoms with Gasteiger partial charge >= 0.3 is 0 Å². The van der Waals surface area contributed by atoms with Crippen molar-refractivity contribution in [3.05, 3.63) is 84.4 Å². The van der Waals surface area contributed by atoms with E-state index in [0.29, 0.717) is 36.8 Å². The van der Waals surface area contributed by atoms with Crippen LogP contribution in [0.2, 0.25) is 0 Å². The van der Waals surface area contributed by atoms with Gasteiger partial charge in [0.15, 0.2) is 0 Å². The van der Waals surface area contributed by atoms with Crippen LogP contribution in [0.5, 0.6) is 17.2 Å². The molecule has 0 radical (unpaired) electrons. The largest absolute Gasteiger partial charge is 0.494 e. The van der Waals surface area contributed by atoms with Gasteiger partial charge < -0.3 is 19.5 Å². The van der Waals surface area contributed by atoms with Crippen LogP contribution >= 0.6 is 0 Å².